The van der Waals surface area contributed by atoms with E-state index >= 15 is 0 Å². The SMILES string of the molecule is COc1cccc(NC(=O)CN(C)C(=O)C2=COCCO2)c1. The molecule has 0 aromatic heterocycles. The van der Waals surface area contributed by atoms with Gasteiger partial charge < -0.3 is 24.4 Å². The molecule has 0 spiro atoms. The highest BCUT2D eigenvalue weighted by Crippen LogP contribution is 2.16. The molecule has 1 aliphatic rings. The highest BCUT2D eigenvalue weighted by Gasteiger charge is 2.21. The lowest BCUT2D eigenvalue weighted by molar-refractivity contribution is -0.134. The lowest BCUT2D eigenvalue weighted by Gasteiger charge is -2.20. The Bertz CT molecular complexity index is 585. The monoisotopic (exact) mass is 306 g/mol. The zero-order chi connectivity index (χ0) is 15.9. The van der Waals surface area contributed by atoms with Crippen LogP contribution in [0.15, 0.2) is 36.3 Å². The molecule has 0 unspecified atom stereocenters. The maximum Gasteiger partial charge on any atom is 0.292 e. The molecule has 0 saturated carbocycles. The third-order valence-corrected chi connectivity index (χ3v) is 2.94. The number of amides is 2. The fraction of sp³-hybridized carbons (Fsp3) is 0.333. The second-order valence-corrected chi connectivity index (χ2v) is 4.64. The number of anilines is 1. The molecule has 0 bridgehead atoms. The van der Waals surface area contributed by atoms with Gasteiger partial charge in [-0.15, -0.1) is 0 Å². The first kappa shape index (κ1) is 15.7. The number of carbonyl (C=O) groups is 2. The minimum atomic E-state index is -0.402. The minimum absolute atomic E-state index is 0.0999. The fourth-order valence-electron chi connectivity index (χ4n) is 1.86. The summed E-state index contributed by atoms with van der Waals surface area (Å²) in [7, 11) is 3.07. The Kier molecular flexibility index (Phi) is 5.24. The van der Waals surface area contributed by atoms with Crippen LogP contribution < -0.4 is 10.1 Å². The van der Waals surface area contributed by atoms with Gasteiger partial charge in [0.2, 0.25) is 11.7 Å². The molecule has 0 fully saturated rings. The Hall–Kier alpha value is -2.70. The quantitative estimate of drug-likeness (QED) is 0.877. The molecule has 118 valence electrons. The van der Waals surface area contributed by atoms with Crippen molar-refractivity contribution in [1.29, 1.82) is 0 Å². The van der Waals surface area contributed by atoms with Gasteiger partial charge in [0.05, 0.1) is 13.7 Å². The number of hydrogen-bond donors (Lipinski definition) is 1. The molecule has 1 aromatic carbocycles. The van der Waals surface area contributed by atoms with Crippen LogP contribution in [0.25, 0.3) is 0 Å². The molecule has 1 aromatic rings. The van der Waals surface area contributed by atoms with Gasteiger partial charge in [-0.25, -0.2) is 0 Å². The molecule has 1 heterocycles. The normalized spacial score (nSPS) is 13.3. The summed E-state index contributed by atoms with van der Waals surface area (Å²) in [5.41, 5.74) is 0.599. The van der Waals surface area contributed by atoms with Gasteiger partial charge in [0, 0.05) is 18.8 Å². The molecule has 1 N–H and O–H groups in total. The topological polar surface area (TPSA) is 77.1 Å². The van der Waals surface area contributed by atoms with E-state index in [-0.39, 0.29) is 18.2 Å². The summed E-state index contributed by atoms with van der Waals surface area (Å²) in [6.07, 6.45) is 1.27. The van der Waals surface area contributed by atoms with E-state index in [9.17, 15) is 9.59 Å². The van der Waals surface area contributed by atoms with Gasteiger partial charge in [0.1, 0.15) is 25.2 Å². The molecule has 0 aliphatic carbocycles. The van der Waals surface area contributed by atoms with Crippen molar-refractivity contribution in [3.05, 3.63) is 36.3 Å². The molecule has 2 amide bonds. The van der Waals surface area contributed by atoms with Crippen LogP contribution in [0, 0.1) is 0 Å². The third kappa shape index (κ3) is 4.15. The zero-order valence-corrected chi connectivity index (χ0v) is 12.5. The van der Waals surface area contributed by atoms with Crippen molar-refractivity contribution in [2.45, 2.75) is 0 Å². The molecular formula is C15H18N2O5. The van der Waals surface area contributed by atoms with E-state index in [0.717, 1.165) is 0 Å². The highest BCUT2D eigenvalue weighted by atomic mass is 16.6. The summed E-state index contributed by atoms with van der Waals surface area (Å²) in [5.74, 6) is 0.0185. The smallest absolute Gasteiger partial charge is 0.292 e. The van der Waals surface area contributed by atoms with Crippen molar-refractivity contribution in [3.63, 3.8) is 0 Å². The number of likely N-dealkylation sites (N-methyl/N-ethyl adjacent to an activating group) is 1. The molecule has 0 radical (unpaired) electrons. The minimum Gasteiger partial charge on any atom is -0.497 e. The molecule has 22 heavy (non-hydrogen) atoms. The average molecular weight is 306 g/mol. The van der Waals surface area contributed by atoms with Crippen LogP contribution in [0.1, 0.15) is 0 Å². The standard InChI is InChI=1S/C15H18N2O5/c1-17(15(19)13-10-21-6-7-22-13)9-14(18)16-11-4-3-5-12(8-11)20-2/h3-5,8,10H,6-7,9H2,1-2H3,(H,16,18). The number of rotatable bonds is 5. The predicted molar refractivity (Wildman–Crippen MR) is 79.2 cm³/mol. The lowest BCUT2D eigenvalue weighted by atomic mass is 10.3. The molecule has 0 saturated heterocycles. The van der Waals surface area contributed by atoms with Gasteiger partial charge in [-0.1, -0.05) is 6.07 Å². The fourth-order valence-corrected chi connectivity index (χ4v) is 1.86. The van der Waals surface area contributed by atoms with Gasteiger partial charge in [0.15, 0.2) is 0 Å². The van der Waals surface area contributed by atoms with Crippen molar-refractivity contribution in [2.75, 3.05) is 39.2 Å². The highest BCUT2D eigenvalue weighted by molar-refractivity contribution is 5.97. The first-order valence-corrected chi connectivity index (χ1v) is 6.74. The lowest BCUT2D eigenvalue weighted by Crippen LogP contribution is -2.37. The molecule has 7 heteroatoms. The molecule has 0 atom stereocenters. The summed E-state index contributed by atoms with van der Waals surface area (Å²) < 4.78 is 15.3. The number of carbonyl (C=O) groups excluding carboxylic acids is 2. The van der Waals surface area contributed by atoms with E-state index in [0.29, 0.717) is 24.7 Å². The van der Waals surface area contributed by atoms with Crippen molar-refractivity contribution in [1.82, 2.24) is 4.90 Å². The van der Waals surface area contributed by atoms with Crippen LogP contribution in [-0.2, 0) is 19.1 Å². The number of methoxy groups -OCH3 is 1. The number of benzene rings is 1. The summed E-state index contributed by atoms with van der Waals surface area (Å²) in [5, 5.41) is 2.70. The second kappa shape index (κ2) is 7.35. The number of hydrogen-bond acceptors (Lipinski definition) is 5. The van der Waals surface area contributed by atoms with Crippen LogP contribution >= 0.6 is 0 Å². The van der Waals surface area contributed by atoms with Crippen molar-refractivity contribution in [2.24, 2.45) is 0 Å². The van der Waals surface area contributed by atoms with Crippen molar-refractivity contribution in [3.8, 4) is 5.75 Å². The van der Waals surface area contributed by atoms with Gasteiger partial charge in [-0.05, 0) is 12.1 Å². The van der Waals surface area contributed by atoms with Crippen LogP contribution in [0.4, 0.5) is 5.69 Å². The van der Waals surface area contributed by atoms with Crippen LogP contribution in [0.3, 0.4) is 0 Å². The number of nitrogens with one attached hydrogen (secondary N) is 1. The number of ether oxygens (including phenoxy) is 3. The van der Waals surface area contributed by atoms with E-state index in [1.807, 2.05) is 0 Å². The van der Waals surface area contributed by atoms with E-state index in [2.05, 4.69) is 5.32 Å². The summed E-state index contributed by atoms with van der Waals surface area (Å²) >= 11 is 0. The average Bonchev–Trinajstić information content (AvgIpc) is 2.55. The predicted octanol–water partition coefficient (Wildman–Crippen LogP) is 0.980. The Morgan fingerprint density at radius 3 is 2.86 bits per heavy atom. The van der Waals surface area contributed by atoms with E-state index in [4.69, 9.17) is 14.2 Å². The summed E-state index contributed by atoms with van der Waals surface area (Å²) in [6, 6.07) is 6.97. The first-order valence-electron chi connectivity index (χ1n) is 6.74. The molecular weight excluding hydrogens is 288 g/mol. The van der Waals surface area contributed by atoms with E-state index < -0.39 is 5.91 Å². The van der Waals surface area contributed by atoms with Gasteiger partial charge in [-0.2, -0.15) is 0 Å². The second-order valence-electron chi connectivity index (χ2n) is 4.64. The Morgan fingerprint density at radius 2 is 2.18 bits per heavy atom. The summed E-state index contributed by atoms with van der Waals surface area (Å²) in [6.45, 7) is 0.634. The van der Waals surface area contributed by atoms with Crippen LogP contribution in [-0.4, -0.2) is 50.6 Å². The Morgan fingerprint density at radius 1 is 1.36 bits per heavy atom. The molecule has 1 aliphatic heterocycles. The van der Waals surface area contributed by atoms with Gasteiger partial charge >= 0.3 is 0 Å². The van der Waals surface area contributed by atoms with Gasteiger partial charge in [0.25, 0.3) is 5.91 Å². The maximum absolute atomic E-state index is 12.0. The van der Waals surface area contributed by atoms with E-state index in [1.165, 1.54) is 18.2 Å². The van der Waals surface area contributed by atoms with Crippen LogP contribution in [0.5, 0.6) is 5.75 Å². The first-order chi connectivity index (χ1) is 10.6. The molecule has 7 nitrogen and oxygen atoms in total. The molecule has 2 rings (SSSR count). The van der Waals surface area contributed by atoms with Crippen molar-refractivity contribution < 1.29 is 23.8 Å². The van der Waals surface area contributed by atoms with E-state index in [1.54, 1.807) is 31.4 Å². The largest absolute Gasteiger partial charge is 0.497 e. The maximum atomic E-state index is 12.0. The van der Waals surface area contributed by atoms with Crippen molar-refractivity contribution >= 4 is 17.5 Å². The van der Waals surface area contributed by atoms with Crippen LogP contribution in [0.2, 0.25) is 0 Å². The zero-order valence-electron chi connectivity index (χ0n) is 12.5. The third-order valence-electron chi connectivity index (χ3n) is 2.94. The Balaban J connectivity index is 1.90. The van der Waals surface area contributed by atoms with Gasteiger partial charge in [-0.3, -0.25) is 9.59 Å². The Labute approximate surface area is 128 Å². The number of nitrogens with zero attached hydrogens (tertiary/aromatic N) is 1. The summed E-state index contributed by atoms with van der Waals surface area (Å²) in [4.78, 5) is 25.3.